The van der Waals surface area contributed by atoms with Gasteiger partial charge in [-0.15, -0.1) is 37.2 Å². The molecule has 0 aliphatic heterocycles. The van der Waals surface area contributed by atoms with Crippen LogP contribution in [0.3, 0.4) is 0 Å². The number of likely N-dealkylation sites (N-methyl/N-ethyl adjacent to an activating group) is 1. The van der Waals surface area contributed by atoms with E-state index in [0.717, 1.165) is 3.67 Å². The molecule has 0 bridgehead atoms. The molecule has 0 radical (unpaired) electrons. The van der Waals surface area contributed by atoms with Crippen molar-refractivity contribution in [2.45, 2.75) is 10.1 Å². The van der Waals surface area contributed by atoms with E-state index in [-0.39, 0.29) is 37.2 Å². The second-order valence-electron chi connectivity index (χ2n) is 4.69. The van der Waals surface area contributed by atoms with Crippen LogP contribution >= 0.6 is 37.2 Å². The smallest absolute Gasteiger partial charge is 0.147 e. The molecule has 1 atom stereocenters. The predicted octanol–water partition coefficient (Wildman–Crippen LogP) is 4.48. The van der Waals surface area contributed by atoms with Crippen LogP contribution in [-0.4, -0.2) is 25.5 Å². The molecule has 1 nitrogen and oxygen atoms in total. The first kappa shape index (κ1) is 22.7. The second kappa shape index (κ2) is 12.0. The van der Waals surface area contributed by atoms with E-state index in [1.807, 2.05) is 0 Å². The Hall–Kier alpha value is 0.400. The standard InChI is InChI=1S/C10H14N.C5H5.3ClH.Hf/c1-11(2)9-8-10-6-4-3-5-7-10;1-2-4-5-3-1;;;;/h3-8H,9H2,1-2H3;1-3H,4H2;3*1H;. The summed E-state index contributed by atoms with van der Waals surface area (Å²) in [6.07, 6.45) is 8.09. The number of benzene rings is 1. The van der Waals surface area contributed by atoms with Crippen LogP contribution in [0.4, 0.5) is 0 Å². The molecule has 1 unspecified atom stereocenters. The van der Waals surface area contributed by atoms with Gasteiger partial charge in [0.2, 0.25) is 0 Å². The summed E-state index contributed by atoms with van der Waals surface area (Å²) in [5.74, 6) is 0. The third kappa shape index (κ3) is 7.42. The minimum Gasteiger partial charge on any atom is -0.147 e. The average Bonchev–Trinajstić information content (AvgIpc) is 2.82. The van der Waals surface area contributed by atoms with Crippen LogP contribution < -0.4 is 0 Å². The molecule has 0 N–H and O–H groups in total. The fourth-order valence-electron chi connectivity index (χ4n) is 2.06. The van der Waals surface area contributed by atoms with E-state index >= 15 is 0 Å². The molecule has 20 heavy (non-hydrogen) atoms. The van der Waals surface area contributed by atoms with Gasteiger partial charge in [-0.1, -0.05) is 0 Å². The third-order valence-electron chi connectivity index (χ3n) is 2.88. The summed E-state index contributed by atoms with van der Waals surface area (Å²) < 4.78 is 2.55. The van der Waals surface area contributed by atoms with Crippen LogP contribution in [-0.2, 0) is 22.9 Å². The van der Waals surface area contributed by atoms with Gasteiger partial charge in [-0.25, -0.2) is 0 Å². The minimum atomic E-state index is -0.726. The van der Waals surface area contributed by atoms with Gasteiger partial charge in [0.1, 0.15) is 0 Å². The van der Waals surface area contributed by atoms with E-state index in [2.05, 4.69) is 67.6 Å². The minimum absolute atomic E-state index is 0. The number of rotatable bonds is 5. The first-order valence-electron chi connectivity index (χ1n) is 6.07. The summed E-state index contributed by atoms with van der Waals surface area (Å²) >= 11 is -0.726. The number of halogens is 3. The number of allylic oxidation sites excluding steroid dienone is 4. The molecule has 5 heteroatoms. The van der Waals surface area contributed by atoms with E-state index in [0.29, 0.717) is 0 Å². The van der Waals surface area contributed by atoms with Crippen molar-refractivity contribution in [2.75, 3.05) is 20.6 Å². The van der Waals surface area contributed by atoms with Crippen LogP contribution in [0, 0.1) is 0 Å². The van der Waals surface area contributed by atoms with Crippen molar-refractivity contribution in [3.63, 3.8) is 0 Å². The van der Waals surface area contributed by atoms with Gasteiger partial charge in [0.15, 0.2) is 0 Å². The molecule has 112 valence electrons. The molecule has 0 saturated carbocycles. The topological polar surface area (TPSA) is 3.24 Å². The monoisotopic (exact) mass is 501 g/mol. The molecule has 2 rings (SSSR count). The fourth-order valence-corrected chi connectivity index (χ4v) is 8.14. The van der Waals surface area contributed by atoms with Gasteiger partial charge in [-0.2, -0.15) is 0 Å². The summed E-state index contributed by atoms with van der Waals surface area (Å²) in [6.45, 7) is 1.20. The number of nitrogens with zero attached hydrogens (tertiary/aromatic N) is 1. The van der Waals surface area contributed by atoms with Crippen molar-refractivity contribution in [3.05, 3.63) is 57.5 Å². The van der Waals surface area contributed by atoms with E-state index in [1.54, 1.807) is 3.33 Å². The van der Waals surface area contributed by atoms with E-state index in [9.17, 15) is 0 Å². The van der Waals surface area contributed by atoms with Gasteiger partial charge >= 0.3 is 116 Å². The van der Waals surface area contributed by atoms with Gasteiger partial charge in [0.05, 0.1) is 0 Å². The van der Waals surface area contributed by atoms with Crippen molar-refractivity contribution in [1.82, 2.24) is 4.90 Å². The molecule has 1 aromatic rings. The van der Waals surface area contributed by atoms with Gasteiger partial charge in [0, 0.05) is 0 Å². The van der Waals surface area contributed by atoms with Crippen LogP contribution in [0.2, 0.25) is 0 Å². The molecule has 0 saturated heterocycles. The SMILES string of the molecule is CN(C)C[CH]([Hf][C]1=CC=CC1)c1ccccc1.Cl.Cl.Cl. The van der Waals surface area contributed by atoms with E-state index in [4.69, 9.17) is 0 Å². The Morgan fingerprint density at radius 1 is 1.10 bits per heavy atom. The molecule has 0 amide bonds. The second-order valence-corrected chi connectivity index (χ2v) is 10.5. The molecule has 0 aromatic heterocycles. The molecule has 1 aliphatic carbocycles. The van der Waals surface area contributed by atoms with Crippen LogP contribution in [0.1, 0.15) is 15.7 Å². The molecule has 0 heterocycles. The Morgan fingerprint density at radius 2 is 1.75 bits per heavy atom. The third-order valence-corrected chi connectivity index (χ3v) is 8.65. The maximum Gasteiger partial charge on any atom is -0.147 e. The fraction of sp³-hybridized carbons (Fsp3) is 0.333. The zero-order chi connectivity index (χ0) is 12.1. The zero-order valence-electron chi connectivity index (χ0n) is 11.8. The summed E-state index contributed by atoms with van der Waals surface area (Å²) in [4.78, 5) is 2.33. The Labute approximate surface area is 152 Å². The van der Waals surface area contributed by atoms with Crippen molar-refractivity contribution in [3.8, 4) is 0 Å². The molecule has 1 aromatic carbocycles. The first-order valence-corrected chi connectivity index (χ1v) is 9.94. The van der Waals surface area contributed by atoms with Gasteiger partial charge < -0.3 is 0 Å². The van der Waals surface area contributed by atoms with Crippen molar-refractivity contribution >= 4 is 37.2 Å². The average molecular weight is 501 g/mol. The van der Waals surface area contributed by atoms with Gasteiger partial charge in [0.25, 0.3) is 0 Å². The summed E-state index contributed by atoms with van der Waals surface area (Å²) in [5.41, 5.74) is 1.54. The molecule has 1 aliphatic rings. The Morgan fingerprint density at radius 3 is 2.25 bits per heavy atom. The van der Waals surface area contributed by atoms with Crippen LogP contribution in [0.25, 0.3) is 0 Å². The van der Waals surface area contributed by atoms with Crippen molar-refractivity contribution in [2.24, 2.45) is 0 Å². The number of hydrogen-bond acceptors (Lipinski definition) is 1. The first-order chi connectivity index (χ1) is 8.25. The maximum absolute atomic E-state index is 2.36. The van der Waals surface area contributed by atoms with Crippen LogP contribution in [0.15, 0.2) is 51.9 Å². The summed E-state index contributed by atoms with van der Waals surface area (Å²) in [5, 5.41) is 0. The largest absolute Gasteiger partial charge is 0.147 e. The molecule has 0 fully saturated rings. The molecular formula is C15H22Cl3HfN. The summed E-state index contributed by atoms with van der Waals surface area (Å²) in [7, 11) is 4.36. The van der Waals surface area contributed by atoms with Crippen molar-refractivity contribution in [1.29, 1.82) is 0 Å². The number of hydrogen-bond donors (Lipinski definition) is 0. The molecule has 0 spiro atoms. The Bertz CT molecular complexity index is 418. The van der Waals surface area contributed by atoms with Gasteiger partial charge in [-0.05, 0) is 0 Å². The van der Waals surface area contributed by atoms with Crippen LogP contribution in [0.5, 0.6) is 0 Å². The molecular weight excluding hydrogens is 479 g/mol. The van der Waals surface area contributed by atoms with E-state index < -0.39 is 22.9 Å². The van der Waals surface area contributed by atoms with E-state index in [1.165, 1.54) is 18.5 Å². The summed E-state index contributed by atoms with van der Waals surface area (Å²) in [6, 6.07) is 11.0. The zero-order valence-corrected chi connectivity index (χ0v) is 17.8. The maximum atomic E-state index is 2.36. The van der Waals surface area contributed by atoms with Crippen molar-refractivity contribution < 1.29 is 22.9 Å². The Kier molecular flexibility index (Phi) is 13.6. The predicted molar refractivity (Wildman–Crippen MR) is 91.3 cm³/mol. The Balaban J connectivity index is 0. The van der Waals surface area contributed by atoms with Gasteiger partial charge in [-0.3, -0.25) is 0 Å². The normalized spacial score (nSPS) is 13.7. The quantitative estimate of drug-likeness (QED) is 0.539.